The third-order valence-corrected chi connectivity index (χ3v) is 3.07. The minimum absolute atomic E-state index is 0.138. The SMILES string of the molecule is Nc1cc(C2(CCO)CCC2)[nH]n1. The van der Waals surface area contributed by atoms with Gasteiger partial charge in [-0.15, -0.1) is 0 Å². The van der Waals surface area contributed by atoms with Crippen LogP contribution in [0, 0.1) is 0 Å². The summed E-state index contributed by atoms with van der Waals surface area (Å²) in [7, 11) is 0. The van der Waals surface area contributed by atoms with Gasteiger partial charge in [-0.1, -0.05) is 6.42 Å². The van der Waals surface area contributed by atoms with Crippen molar-refractivity contribution in [2.24, 2.45) is 0 Å². The fraction of sp³-hybridized carbons (Fsp3) is 0.667. The lowest BCUT2D eigenvalue weighted by Gasteiger charge is -2.40. The second kappa shape index (κ2) is 3.03. The van der Waals surface area contributed by atoms with Crippen molar-refractivity contribution in [2.45, 2.75) is 31.1 Å². The summed E-state index contributed by atoms with van der Waals surface area (Å²) in [6.45, 7) is 0.235. The summed E-state index contributed by atoms with van der Waals surface area (Å²) in [5.74, 6) is 0.541. The Hall–Kier alpha value is -1.03. The van der Waals surface area contributed by atoms with E-state index in [0.717, 1.165) is 25.0 Å². The third kappa shape index (κ3) is 1.31. The zero-order valence-electron chi connectivity index (χ0n) is 7.58. The number of aromatic amines is 1. The Kier molecular flexibility index (Phi) is 2.00. The van der Waals surface area contributed by atoms with Crippen LogP contribution in [-0.4, -0.2) is 21.9 Å². The quantitative estimate of drug-likeness (QED) is 0.645. The second-order valence-electron chi connectivity index (χ2n) is 3.81. The summed E-state index contributed by atoms with van der Waals surface area (Å²) in [5, 5.41) is 15.8. The monoisotopic (exact) mass is 181 g/mol. The minimum Gasteiger partial charge on any atom is -0.396 e. The van der Waals surface area contributed by atoms with Crippen molar-refractivity contribution in [3.63, 3.8) is 0 Å². The van der Waals surface area contributed by atoms with Crippen LogP contribution in [0.25, 0.3) is 0 Å². The predicted octanol–water partition coefficient (Wildman–Crippen LogP) is 0.796. The number of anilines is 1. The number of nitrogens with two attached hydrogens (primary N) is 1. The van der Waals surface area contributed by atoms with Crippen molar-refractivity contribution in [2.75, 3.05) is 12.3 Å². The fourth-order valence-electron chi connectivity index (χ4n) is 2.08. The molecule has 1 saturated carbocycles. The van der Waals surface area contributed by atoms with Gasteiger partial charge < -0.3 is 10.8 Å². The topological polar surface area (TPSA) is 74.9 Å². The van der Waals surface area contributed by atoms with Gasteiger partial charge in [0.2, 0.25) is 0 Å². The van der Waals surface area contributed by atoms with Crippen molar-refractivity contribution in [3.8, 4) is 0 Å². The van der Waals surface area contributed by atoms with E-state index in [1.807, 2.05) is 6.07 Å². The van der Waals surface area contributed by atoms with Crippen molar-refractivity contribution in [1.82, 2.24) is 10.2 Å². The normalized spacial score (nSPS) is 19.8. The molecule has 0 aromatic carbocycles. The highest BCUT2D eigenvalue weighted by molar-refractivity contribution is 5.33. The van der Waals surface area contributed by atoms with Crippen molar-refractivity contribution < 1.29 is 5.11 Å². The first kappa shape index (κ1) is 8.56. The summed E-state index contributed by atoms with van der Waals surface area (Å²) in [5.41, 5.74) is 6.77. The highest BCUT2D eigenvalue weighted by atomic mass is 16.3. The van der Waals surface area contributed by atoms with Crippen LogP contribution in [0.3, 0.4) is 0 Å². The lowest BCUT2D eigenvalue weighted by molar-refractivity contribution is 0.163. The number of nitrogen functional groups attached to an aromatic ring is 1. The van der Waals surface area contributed by atoms with E-state index in [2.05, 4.69) is 10.2 Å². The van der Waals surface area contributed by atoms with E-state index in [4.69, 9.17) is 10.8 Å². The van der Waals surface area contributed by atoms with Gasteiger partial charge in [0.25, 0.3) is 0 Å². The first-order valence-electron chi connectivity index (χ1n) is 4.69. The van der Waals surface area contributed by atoms with Gasteiger partial charge in [-0.2, -0.15) is 5.10 Å². The van der Waals surface area contributed by atoms with Crippen molar-refractivity contribution in [1.29, 1.82) is 0 Å². The molecule has 2 rings (SSSR count). The summed E-state index contributed by atoms with van der Waals surface area (Å²) in [6, 6.07) is 1.88. The zero-order valence-corrected chi connectivity index (χ0v) is 7.58. The molecule has 0 saturated heterocycles. The van der Waals surface area contributed by atoms with Crippen LogP contribution in [0.4, 0.5) is 5.82 Å². The van der Waals surface area contributed by atoms with Crippen LogP contribution in [-0.2, 0) is 5.41 Å². The van der Waals surface area contributed by atoms with E-state index in [9.17, 15) is 0 Å². The van der Waals surface area contributed by atoms with E-state index >= 15 is 0 Å². The Morgan fingerprint density at radius 3 is 2.77 bits per heavy atom. The van der Waals surface area contributed by atoms with E-state index in [1.54, 1.807) is 0 Å². The van der Waals surface area contributed by atoms with Crippen LogP contribution in [0.15, 0.2) is 6.07 Å². The molecule has 1 aromatic heterocycles. The number of aliphatic hydroxyl groups excluding tert-OH is 1. The highest BCUT2D eigenvalue weighted by Gasteiger charge is 2.39. The van der Waals surface area contributed by atoms with Crippen LogP contribution in [0.2, 0.25) is 0 Å². The lowest BCUT2D eigenvalue weighted by atomic mass is 9.65. The molecule has 0 aliphatic heterocycles. The first-order valence-corrected chi connectivity index (χ1v) is 4.69. The fourth-order valence-corrected chi connectivity index (χ4v) is 2.08. The maximum absolute atomic E-state index is 8.97. The molecule has 13 heavy (non-hydrogen) atoms. The molecule has 0 amide bonds. The van der Waals surface area contributed by atoms with Gasteiger partial charge in [-0.3, -0.25) is 5.10 Å². The molecular formula is C9H15N3O. The van der Waals surface area contributed by atoms with Gasteiger partial charge in [0.15, 0.2) is 0 Å². The summed E-state index contributed by atoms with van der Waals surface area (Å²) in [6.07, 6.45) is 4.32. The molecule has 1 aliphatic carbocycles. The van der Waals surface area contributed by atoms with E-state index in [-0.39, 0.29) is 12.0 Å². The number of hydrogen-bond acceptors (Lipinski definition) is 3. The molecule has 0 bridgehead atoms. The smallest absolute Gasteiger partial charge is 0.145 e. The number of rotatable bonds is 3. The summed E-state index contributed by atoms with van der Waals surface area (Å²) < 4.78 is 0. The molecule has 1 aliphatic rings. The van der Waals surface area contributed by atoms with E-state index in [1.165, 1.54) is 6.42 Å². The van der Waals surface area contributed by atoms with Crippen LogP contribution >= 0.6 is 0 Å². The van der Waals surface area contributed by atoms with Crippen molar-refractivity contribution >= 4 is 5.82 Å². The van der Waals surface area contributed by atoms with Crippen LogP contribution in [0.5, 0.6) is 0 Å². The van der Waals surface area contributed by atoms with Gasteiger partial charge in [0.05, 0.1) is 0 Å². The molecule has 1 fully saturated rings. The number of nitrogens with one attached hydrogen (secondary N) is 1. The Balaban J connectivity index is 2.21. The maximum atomic E-state index is 8.97. The first-order chi connectivity index (χ1) is 6.27. The molecule has 4 heteroatoms. The zero-order chi connectivity index (χ0) is 9.31. The molecule has 0 spiro atoms. The van der Waals surface area contributed by atoms with Crippen LogP contribution < -0.4 is 5.73 Å². The van der Waals surface area contributed by atoms with Gasteiger partial charge in [-0.25, -0.2) is 0 Å². The largest absolute Gasteiger partial charge is 0.396 e. The number of nitrogens with zero attached hydrogens (tertiary/aromatic N) is 1. The Bertz CT molecular complexity index is 291. The Labute approximate surface area is 77.1 Å². The van der Waals surface area contributed by atoms with Gasteiger partial charge in [0, 0.05) is 23.8 Å². The van der Waals surface area contributed by atoms with E-state index < -0.39 is 0 Å². The van der Waals surface area contributed by atoms with Gasteiger partial charge >= 0.3 is 0 Å². The number of aliphatic hydroxyl groups is 1. The van der Waals surface area contributed by atoms with Gasteiger partial charge in [0.1, 0.15) is 5.82 Å². The molecule has 1 heterocycles. The lowest BCUT2D eigenvalue weighted by Crippen LogP contribution is -2.35. The third-order valence-electron chi connectivity index (χ3n) is 3.07. The summed E-state index contributed by atoms with van der Waals surface area (Å²) >= 11 is 0. The maximum Gasteiger partial charge on any atom is 0.145 e. The second-order valence-corrected chi connectivity index (χ2v) is 3.81. The van der Waals surface area contributed by atoms with Crippen LogP contribution in [0.1, 0.15) is 31.4 Å². The average molecular weight is 181 g/mol. The minimum atomic E-state index is 0.138. The highest BCUT2D eigenvalue weighted by Crippen LogP contribution is 2.45. The standard InChI is InChI=1S/C9H15N3O/c10-8-6-7(11-12-8)9(4-5-13)2-1-3-9/h6,13H,1-5H2,(H3,10,11,12). The molecular weight excluding hydrogens is 166 g/mol. The number of aromatic nitrogens is 2. The Morgan fingerprint density at radius 2 is 2.38 bits per heavy atom. The Morgan fingerprint density at radius 1 is 1.62 bits per heavy atom. The molecule has 72 valence electrons. The van der Waals surface area contributed by atoms with Crippen molar-refractivity contribution in [3.05, 3.63) is 11.8 Å². The molecule has 0 atom stereocenters. The summed E-state index contributed by atoms with van der Waals surface area (Å²) in [4.78, 5) is 0. The number of H-pyrrole nitrogens is 1. The van der Waals surface area contributed by atoms with E-state index in [0.29, 0.717) is 5.82 Å². The average Bonchev–Trinajstić information content (AvgIpc) is 2.44. The number of hydrogen-bond donors (Lipinski definition) is 3. The molecule has 0 unspecified atom stereocenters. The molecule has 1 aromatic rings. The van der Waals surface area contributed by atoms with Gasteiger partial charge in [-0.05, 0) is 19.3 Å². The molecule has 0 radical (unpaired) electrons. The molecule has 4 N–H and O–H groups in total. The predicted molar refractivity (Wildman–Crippen MR) is 50.2 cm³/mol. The molecule has 4 nitrogen and oxygen atoms in total.